The van der Waals surface area contributed by atoms with Crippen LogP contribution in [-0.2, 0) is 6.42 Å². The van der Waals surface area contributed by atoms with Crippen LogP contribution in [-0.4, -0.2) is 39.7 Å². The molecule has 4 rings (SSSR count). The first-order valence-electron chi connectivity index (χ1n) is 10.0. The van der Waals surface area contributed by atoms with E-state index in [9.17, 15) is 4.79 Å². The Balaban J connectivity index is 1.66. The van der Waals surface area contributed by atoms with E-state index >= 15 is 0 Å². The van der Waals surface area contributed by atoms with Crippen LogP contribution in [0.15, 0.2) is 58.5 Å². The van der Waals surface area contributed by atoms with E-state index in [1.807, 2.05) is 44.2 Å². The molecule has 0 saturated carbocycles. The van der Waals surface area contributed by atoms with E-state index in [-0.39, 0.29) is 5.91 Å². The van der Waals surface area contributed by atoms with Crippen LogP contribution in [0.5, 0.6) is 11.5 Å². The van der Waals surface area contributed by atoms with Gasteiger partial charge in [0.2, 0.25) is 0 Å². The molecule has 0 spiro atoms. The van der Waals surface area contributed by atoms with Gasteiger partial charge >= 0.3 is 0 Å². The smallest absolute Gasteiger partial charge is 0.255 e. The predicted molar refractivity (Wildman–Crippen MR) is 123 cm³/mol. The van der Waals surface area contributed by atoms with E-state index in [0.717, 1.165) is 22.0 Å². The number of nitrogens with one attached hydrogen (secondary N) is 1. The predicted octanol–water partition coefficient (Wildman–Crippen LogP) is 4.42. The van der Waals surface area contributed by atoms with Crippen molar-refractivity contribution >= 4 is 29.1 Å². The van der Waals surface area contributed by atoms with Crippen LogP contribution < -0.4 is 14.8 Å². The molecule has 0 bridgehead atoms. The zero-order valence-corrected chi connectivity index (χ0v) is 19.1. The van der Waals surface area contributed by atoms with Crippen LogP contribution >= 0.6 is 11.8 Å². The highest BCUT2D eigenvalue weighted by Crippen LogP contribution is 2.34. The lowest BCUT2D eigenvalue weighted by atomic mass is 10.2. The minimum absolute atomic E-state index is 0.263. The molecule has 0 aliphatic carbocycles. The van der Waals surface area contributed by atoms with Gasteiger partial charge in [-0.15, -0.1) is 5.10 Å². The summed E-state index contributed by atoms with van der Waals surface area (Å²) in [6, 6.07) is 14.7. The number of para-hydroxylation sites is 1. The number of benzene rings is 2. The van der Waals surface area contributed by atoms with Crippen LogP contribution in [0.1, 0.15) is 28.8 Å². The molecule has 0 aliphatic rings. The number of nitrogens with zero attached hydrogens (tertiary/aromatic N) is 4. The summed E-state index contributed by atoms with van der Waals surface area (Å²) in [7, 11) is 3.10. The summed E-state index contributed by atoms with van der Waals surface area (Å²) in [5.74, 6) is 2.05. The zero-order chi connectivity index (χ0) is 22.7. The van der Waals surface area contributed by atoms with Gasteiger partial charge in [0, 0.05) is 22.2 Å². The fourth-order valence-corrected chi connectivity index (χ4v) is 4.15. The van der Waals surface area contributed by atoms with Crippen molar-refractivity contribution in [1.82, 2.24) is 19.6 Å². The normalized spacial score (nSPS) is 10.9. The van der Waals surface area contributed by atoms with Crippen molar-refractivity contribution in [2.75, 3.05) is 19.5 Å². The molecule has 1 N–H and O–H groups in total. The van der Waals surface area contributed by atoms with Gasteiger partial charge in [-0.05, 0) is 43.7 Å². The Morgan fingerprint density at radius 1 is 1.06 bits per heavy atom. The van der Waals surface area contributed by atoms with Crippen molar-refractivity contribution in [1.29, 1.82) is 0 Å². The molecule has 0 unspecified atom stereocenters. The number of carbonyl (C=O) groups excluding carboxylic acids is 1. The SMILES string of the molecule is CCc1cc(Sc2ccccc2NC(=O)c2cc(OC)cc(OC)c2)n2nc(C)nc2n1. The number of rotatable bonds is 7. The van der Waals surface area contributed by atoms with E-state index in [4.69, 9.17) is 9.47 Å². The molecule has 0 saturated heterocycles. The Morgan fingerprint density at radius 3 is 2.47 bits per heavy atom. The fourth-order valence-electron chi connectivity index (χ4n) is 3.15. The summed E-state index contributed by atoms with van der Waals surface area (Å²) in [6.45, 7) is 3.89. The molecular weight excluding hydrogens is 426 g/mol. The second-order valence-corrected chi connectivity index (χ2v) is 8.03. The van der Waals surface area contributed by atoms with E-state index < -0.39 is 0 Å². The average molecular weight is 450 g/mol. The standard InChI is InChI=1S/C23H23N5O3S/c1-5-16-12-21(28-23(25-16)24-14(2)27-28)32-20-9-7-6-8-19(20)26-22(29)15-10-17(30-3)13-18(11-15)31-4/h6-13H,5H2,1-4H3,(H,26,29). The third-order valence-corrected chi connectivity index (χ3v) is 5.84. The monoisotopic (exact) mass is 449 g/mol. The minimum atomic E-state index is -0.263. The molecule has 1 amide bonds. The van der Waals surface area contributed by atoms with Crippen LogP contribution in [0.4, 0.5) is 5.69 Å². The van der Waals surface area contributed by atoms with E-state index in [1.54, 1.807) is 36.9 Å². The van der Waals surface area contributed by atoms with Crippen molar-refractivity contribution in [3.63, 3.8) is 0 Å². The number of hydrogen-bond donors (Lipinski definition) is 1. The van der Waals surface area contributed by atoms with Gasteiger partial charge < -0.3 is 14.8 Å². The van der Waals surface area contributed by atoms with Crippen LogP contribution in [0.3, 0.4) is 0 Å². The Labute approximate surface area is 190 Å². The molecule has 0 atom stereocenters. The van der Waals surface area contributed by atoms with Gasteiger partial charge in [0.15, 0.2) is 0 Å². The highest BCUT2D eigenvalue weighted by molar-refractivity contribution is 7.99. The van der Waals surface area contributed by atoms with Crippen molar-refractivity contribution in [3.05, 3.63) is 65.6 Å². The molecule has 0 fully saturated rings. The summed E-state index contributed by atoms with van der Waals surface area (Å²) >= 11 is 1.50. The lowest BCUT2D eigenvalue weighted by Crippen LogP contribution is -2.13. The molecule has 32 heavy (non-hydrogen) atoms. The molecule has 8 nitrogen and oxygen atoms in total. The summed E-state index contributed by atoms with van der Waals surface area (Å²) < 4.78 is 12.3. The largest absolute Gasteiger partial charge is 0.497 e. The van der Waals surface area contributed by atoms with E-state index in [2.05, 4.69) is 20.4 Å². The maximum absolute atomic E-state index is 13.0. The molecule has 164 valence electrons. The third kappa shape index (κ3) is 4.52. The summed E-state index contributed by atoms with van der Waals surface area (Å²) in [5, 5.41) is 8.34. The van der Waals surface area contributed by atoms with E-state index in [0.29, 0.717) is 34.4 Å². The molecule has 0 aliphatic heterocycles. The van der Waals surface area contributed by atoms with Gasteiger partial charge in [0.1, 0.15) is 22.3 Å². The van der Waals surface area contributed by atoms with E-state index in [1.165, 1.54) is 11.8 Å². The molecule has 2 aromatic carbocycles. The van der Waals surface area contributed by atoms with Crippen LogP contribution in [0.2, 0.25) is 0 Å². The van der Waals surface area contributed by atoms with Crippen molar-refractivity contribution in [2.24, 2.45) is 0 Å². The Hall–Kier alpha value is -3.59. The van der Waals surface area contributed by atoms with Crippen LogP contribution in [0.25, 0.3) is 5.78 Å². The lowest BCUT2D eigenvalue weighted by molar-refractivity contribution is 0.102. The fraction of sp³-hybridized carbons (Fsp3) is 0.217. The van der Waals surface area contributed by atoms with Gasteiger partial charge in [0.05, 0.1) is 19.9 Å². The first-order chi connectivity index (χ1) is 15.5. The topological polar surface area (TPSA) is 90.6 Å². The average Bonchev–Trinajstić information content (AvgIpc) is 3.20. The summed E-state index contributed by atoms with van der Waals surface area (Å²) in [6.07, 6.45) is 0.784. The number of fused-ring (bicyclic) bond motifs is 1. The highest BCUT2D eigenvalue weighted by atomic mass is 32.2. The number of carbonyl (C=O) groups is 1. The Bertz CT molecular complexity index is 1270. The molecule has 0 radical (unpaired) electrons. The van der Waals surface area contributed by atoms with Gasteiger partial charge in [-0.3, -0.25) is 4.79 Å². The van der Waals surface area contributed by atoms with Crippen molar-refractivity contribution in [3.8, 4) is 11.5 Å². The van der Waals surface area contributed by atoms with Gasteiger partial charge in [-0.25, -0.2) is 4.98 Å². The molecule has 4 aromatic rings. The zero-order valence-electron chi connectivity index (χ0n) is 18.2. The Morgan fingerprint density at radius 2 is 1.78 bits per heavy atom. The highest BCUT2D eigenvalue weighted by Gasteiger charge is 2.15. The van der Waals surface area contributed by atoms with Crippen LogP contribution in [0, 0.1) is 6.92 Å². The second kappa shape index (κ2) is 9.27. The third-order valence-electron chi connectivity index (χ3n) is 4.76. The molecule has 9 heteroatoms. The van der Waals surface area contributed by atoms with Crippen molar-refractivity contribution < 1.29 is 14.3 Å². The van der Waals surface area contributed by atoms with Gasteiger partial charge in [-0.1, -0.05) is 30.8 Å². The van der Waals surface area contributed by atoms with Gasteiger partial charge in [0.25, 0.3) is 11.7 Å². The number of methoxy groups -OCH3 is 2. The number of hydrogen-bond acceptors (Lipinski definition) is 7. The first kappa shape index (κ1) is 21.6. The number of anilines is 1. The Kier molecular flexibility index (Phi) is 6.27. The summed E-state index contributed by atoms with van der Waals surface area (Å²) in [4.78, 5) is 22.8. The maximum atomic E-state index is 13.0. The minimum Gasteiger partial charge on any atom is -0.497 e. The quantitative estimate of drug-likeness (QED) is 0.418. The molecule has 2 heterocycles. The first-order valence-corrected chi connectivity index (χ1v) is 10.9. The lowest BCUT2D eigenvalue weighted by Gasteiger charge is -2.13. The van der Waals surface area contributed by atoms with Gasteiger partial charge in [-0.2, -0.15) is 9.50 Å². The number of ether oxygens (including phenoxy) is 2. The maximum Gasteiger partial charge on any atom is 0.255 e. The second-order valence-electron chi connectivity index (χ2n) is 6.96. The number of aryl methyl sites for hydroxylation is 2. The molecule has 2 aromatic heterocycles. The summed E-state index contributed by atoms with van der Waals surface area (Å²) in [5.41, 5.74) is 2.05. The van der Waals surface area contributed by atoms with Crippen molar-refractivity contribution in [2.45, 2.75) is 30.2 Å². The number of aromatic nitrogens is 4. The molecular formula is C23H23N5O3S. The number of amides is 1.